The van der Waals surface area contributed by atoms with Gasteiger partial charge in [-0.25, -0.2) is 9.18 Å². The number of aliphatic carboxylic acids is 1. The molecule has 2 aliphatic rings. The Morgan fingerprint density at radius 3 is 2.57 bits per heavy atom. The fourth-order valence-electron chi connectivity index (χ4n) is 4.84. The predicted octanol–water partition coefficient (Wildman–Crippen LogP) is 2.80. The van der Waals surface area contributed by atoms with E-state index in [1.807, 2.05) is 0 Å². The molecule has 2 saturated heterocycles. The predicted molar refractivity (Wildman–Crippen MR) is 172 cm³/mol. The summed E-state index contributed by atoms with van der Waals surface area (Å²) in [5.74, 6) is -3.84. The van der Waals surface area contributed by atoms with Crippen molar-refractivity contribution in [3.05, 3.63) is 45.4 Å². The smallest absolute Gasteiger partial charge is 0.414 e. The maximum absolute atomic E-state index is 15.2. The zero-order chi connectivity index (χ0) is 33.4. The van der Waals surface area contributed by atoms with Crippen molar-refractivity contribution in [2.24, 2.45) is 5.73 Å². The van der Waals surface area contributed by atoms with E-state index >= 15 is 4.39 Å². The number of cyclic esters (lactones) is 1. The number of carboxylic acids is 1. The number of unbranched alkanes of at least 4 members (excludes halogenated alkanes) is 1. The Morgan fingerprint density at radius 2 is 1.91 bits per heavy atom. The van der Waals surface area contributed by atoms with Crippen LogP contribution in [0.5, 0.6) is 0 Å². The number of amides is 5. The Bertz CT molecular complexity index is 1500. The molecule has 47 heavy (non-hydrogen) atoms. The molecule has 0 unspecified atom stereocenters. The van der Waals surface area contributed by atoms with Gasteiger partial charge in [0, 0.05) is 31.6 Å². The van der Waals surface area contributed by atoms with Crippen LogP contribution in [0.2, 0.25) is 4.34 Å². The lowest BCUT2D eigenvalue weighted by Crippen LogP contribution is -2.43. The maximum Gasteiger partial charge on any atom is 0.414 e. The van der Waals surface area contributed by atoms with Gasteiger partial charge in [-0.15, -0.1) is 23.7 Å². The van der Waals surface area contributed by atoms with Crippen molar-refractivity contribution >= 4 is 82.4 Å². The summed E-state index contributed by atoms with van der Waals surface area (Å²) in [6.07, 6.45) is -1.51. The number of nitrogens with one attached hydrogen (secondary N) is 1. The first-order valence-electron chi connectivity index (χ1n) is 14.5. The molecule has 0 aliphatic carbocycles. The average Bonchev–Trinajstić information content (AvgIpc) is 3.62. The third-order valence-corrected chi connectivity index (χ3v) is 8.45. The van der Waals surface area contributed by atoms with Crippen molar-refractivity contribution in [1.82, 2.24) is 10.2 Å². The van der Waals surface area contributed by atoms with Crippen LogP contribution >= 0.6 is 35.3 Å². The third kappa shape index (κ3) is 10.1. The molecule has 4 rings (SSSR count). The summed E-state index contributed by atoms with van der Waals surface area (Å²) >= 11 is 6.98. The first-order valence-corrected chi connectivity index (χ1v) is 15.6. The summed E-state index contributed by atoms with van der Waals surface area (Å²) < 4.78 is 26.1. The van der Waals surface area contributed by atoms with E-state index in [9.17, 15) is 28.8 Å². The van der Waals surface area contributed by atoms with Gasteiger partial charge in [0.1, 0.15) is 18.5 Å². The van der Waals surface area contributed by atoms with E-state index in [0.717, 1.165) is 27.2 Å². The molecule has 5 amide bonds. The van der Waals surface area contributed by atoms with E-state index in [1.54, 1.807) is 0 Å². The van der Waals surface area contributed by atoms with E-state index in [-0.39, 0.29) is 87.3 Å². The molecule has 1 aromatic heterocycles. The number of carboxylic acid groups (broad SMARTS) is 1. The van der Waals surface area contributed by atoms with Gasteiger partial charge in [0.2, 0.25) is 11.8 Å². The van der Waals surface area contributed by atoms with E-state index in [0.29, 0.717) is 23.1 Å². The van der Waals surface area contributed by atoms with Gasteiger partial charge in [-0.3, -0.25) is 33.8 Å². The number of nitrogens with two attached hydrogens (primary N) is 1. The van der Waals surface area contributed by atoms with Crippen LogP contribution in [-0.2, 0) is 28.7 Å². The highest BCUT2D eigenvalue weighted by Gasteiger charge is 2.38. The van der Waals surface area contributed by atoms with Crippen molar-refractivity contribution in [2.75, 3.05) is 49.2 Å². The zero-order valence-electron chi connectivity index (χ0n) is 25.0. The number of halogens is 3. The minimum atomic E-state index is -1.06. The molecule has 256 valence electrons. The van der Waals surface area contributed by atoms with Gasteiger partial charge in [0.05, 0.1) is 40.6 Å². The molecule has 0 spiro atoms. The molecule has 4 N–H and O–H groups in total. The van der Waals surface area contributed by atoms with Crippen LogP contribution in [0.15, 0.2) is 30.3 Å². The topological polar surface area (TPSA) is 189 Å². The van der Waals surface area contributed by atoms with Crippen molar-refractivity contribution in [2.45, 2.75) is 44.2 Å². The van der Waals surface area contributed by atoms with E-state index in [2.05, 4.69) is 5.32 Å². The second-order valence-corrected chi connectivity index (χ2v) is 12.3. The minimum absolute atomic E-state index is 0. The molecule has 0 saturated carbocycles. The minimum Gasteiger partial charge on any atom is -0.481 e. The summed E-state index contributed by atoms with van der Waals surface area (Å²) in [6, 6.07) is 6.02. The quantitative estimate of drug-likeness (QED) is 0.245. The number of morpholine rings is 1. The number of nitrogens with zero attached hydrogens (tertiary/aromatic N) is 3. The number of benzene rings is 1. The third-order valence-electron chi connectivity index (χ3n) is 7.23. The zero-order valence-corrected chi connectivity index (χ0v) is 27.4. The lowest BCUT2D eigenvalue weighted by molar-refractivity contribution is -0.137. The van der Waals surface area contributed by atoms with Crippen LogP contribution in [0.3, 0.4) is 0 Å². The number of hydrogen-bond acceptors (Lipinski definition) is 10. The number of rotatable bonds is 14. The number of carbonyl (C=O) groups excluding carboxylic acids is 5. The summed E-state index contributed by atoms with van der Waals surface area (Å²) in [6.45, 7) is 0.185. The highest BCUT2D eigenvalue weighted by Crippen LogP contribution is 2.30. The van der Waals surface area contributed by atoms with Crippen molar-refractivity contribution < 1.29 is 47.7 Å². The van der Waals surface area contributed by atoms with Crippen LogP contribution < -0.4 is 20.9 Å². The number of carbonyl (C=O) groups is 6. The van der Waals surface area contributed by atoms with Crippen LogP contribution in [-0.4, -0.2) is 97.2 Å². The number of thiophene rings is 1. The molecule has 0 radical (unpaired) electrons. The Labute approximate surface area is 284 Å². The molecule has 2 atom stereocenters. The highest BCUT2D eigenvalue weighted by atomic mass is 35.5. The van der Waals surface area contributed by atoms with Gasteiger partial charge in [-0.2, -0.15) is 0 Å². The largest absolute Gasteiger partial charge is 0.481 e. The van der Waals surface area contributed by atoms with E-state index in [1.165, 1.54) is 29.2 Å². The van der Waals surface area contributed by atoms with Crippen LogP contribution in [0.25, 0.3) is 0 Å². The second kappa shape index (κ2) is 17.4. The first kappa shape index (κ1) is 37.6. The summed E-state index contributed by atoms with van der Waals surface area (Å²) in [5, 5.41) is 11.3. The van der Waals surface area contributed by atoms with Gasteiger partial charge >= 0.3 is 12.1 Å². The van der Waals surface area contributed by atoms with Gasteiger partial charge in [-0.05, 0) is 49.6 Å². The van der Waals surface area contributed by atoms with Crippen LogP contribution in [0.1, 0.15) is 41.8 Å². The van der Waals surface area contributed by atoms with Crippen LogP contribution in [0.4, 0.5) is 20.6 Å². The molecule has 18 heteroatoms. The fraction of sp³-hybridized carbons (Fsp3) is 0.448. The van der Waals surface area contributed by atoms with E-state index < -0.39 is 47.7 Å². The molecule has 14 nitrogen and oxygen atoms in total. The standard InChI is InChI=1S/C29H33ClFN5O9S.ClH/c30-23-8-7-22(46-23)28(42)36(24(37)3-1-2-10-33-27(41)20(32)5-9-26(39)40)15-18-14-35(29(43)45-18)21-6-4-17(13-19(21)31)34-11-12-44-16-25(34)38;/h4,6-8,13,18,20H,1-3,5,9-12,14-16,32H2,(H,33,41)(H,39,40);1H/t18-,20+;/m1./s1. The number of anilines is 2. The van der Waals surface area contributed by atoms with Crippen molar-refractivity contribution in [3.63, 3.8) is 0 Å². The van der Waals surface area contributed by atoms with Crippen LogP contribution in [0, 0.1) is 5.82 Å². The Hall–Kier alpha value is -3.83. The molecule has 3 heterocycles. The molecule has 2 fully saturated rings. The van der Waals surface area contributed by atoms with Gasteiger partial charge in [-0.1, -0.05) is 11.6 Å². The molecular weight excluding hydrogens is 684 g/mol. The van der Waals surface area contributed by atoms with Crippen molar-refractivity contribution in [1.29, 1.82) is 0 Å². The number of ether oxygens (including phenoxy) is 2. The molecular formula is C29H34Cl2FN5O9S. The fourth-order valence-corrected chi connectivity index (χ4v) is 5.83. The Balaban J connectivity index is 0.00000600. The monoisotopic (exact) mass is 717 g/mol. The van der Waals surface area contributed by atoms with Gasteiger partial charge in [0.15, 0.2) is 0 Å². The number of imide groups is 1. The summed E-state index contributed by atoms with van der Waals surface area (Å²) in [7, 11) is 0. The molecule has 2 aliphatic heterocycles. The second-order valence-electron chi connectivity index (χ2n) is 10.6. The summed E-state index contributed by atoms with van der Waals surface area (Å²) in [4.78, 5) is 77.8. The Morgan fingerprint density at radius 1 is 1.15 bits per heavy atom. The van der Waals surface area contributed by atoms with Gasteiger partial charge in [0.25, 0.3) is 11.8 Å². The molecule has 1 aromatic carbocycles. The highest BCUT2D eigenvalue weighted by molar-refractivity contribution is 7.18. The van der Waals surface area contributed by atoms with E-state index in [4.69, 9.17) is 31.9 Å². The molecule has 0 bridgehead atoms. The first-order chi connectivity index (χ1) is 21.9. The summed E-state index contributed by atoms with van der Waals surface area (Å²) in [5.41, 5.74) is 5.91. The lowest BCUT2D eigenvalue weighted by Gasteiger charge is -2.27. The SMILES string of the molecule is Cl.N[C@@H](CCC(=O)O)C(=O)NCCCCC(=O)N(C[C@H]1CN(c2ccc(N3CCOCC3=O)cc2F)C(=O)O1)C(=O)c1ccc(Cl)s1. The number of hydrogen-bond donors (Lipinski definition) is 3. The normalized spacial score (nSPS) is 16.7. The van der Waals surface area contributed by atoms with Gasteiger partial charge < -0.3 is 30.5 Å². The average molecular weight is 719 g/mol. The maximum atomic E-state index is 15.2. The lowest BCUT2D eigenvalue weighted by atomic mass is 10.1. The molecule has 2 aromatic rings. The Kier molecular flexibility index (Phi) is 13.9. The van der Waals surface area contributed by atoms with Crippen molar-refractivity contribution in [3.8, 4) is 0 Å².